The summed E-state index contributed by atoms with van der Waals surface area (Å²) >= 11 is 0. The van der Waals surface area contributed by atoms with Crippen LogP contribution >= 0.6 is 0 Å². The van der Waals surface area contributed by atoms with Crippen LogP contribution < -0.4 is 10.5 Å². The molecule has 0 fully saturated rings. The van der Waals surface area contributed by atoms with E-state index in [2.05, 4.69) is 53.7 Å². The average molecular weight is 263 g/mol. The second-order valence-electron chi connectivity index (χ2n) is 7.04. The van der Waals surface area contributed by atoms with E-state index in [0.717, 1.165) is 12.2 Å². The topological polar surface area (TPSA) is 35.2 Å². The van der Waals surface area contributed by atoms with Gasteiger partial charge in [0.2, 0.25) is 0 Å². The fraction of sp³-hybridized carbons (Fsp3) is 0.647. The van der Waals surface area contributed by atoms with Gasteiger partial charge in [-0.3, -0.25) is 0 Å². The van der Waals surface area contributed by atoms with Gasteiger partial charge in [0, 0.05) is 0 Å². The molecule has 0 saturated heterocycles. The second kappa shape index (κ2) is 5.54. The van der Waals surface area contributed by atoms with Gasteiger partial charge < -0.3 is 10.5 Å². The predicted molar refractivity (Wildman–Crippen MR) is 83.1 cm³/mol. The Labute approximate surface area is 118 Å². The maximum Gasteiger partial charge on any atom is 0.122 e. The van der Waals surface area contributed by atoms with Gasteiger partial charge in [0.05, 0.1) is 7.11 Å². The molecule has 0 spiro atoms. The summed E-state index contributed by atoms with van der Waals surface area (Å²) in [5, 5.41) is 0. The molecule has 1 aromatic rings. The third kappa shape index (κ3) is 3.50. The number of ether oxygens (including phenoxy) is 1. The maximum absolute atomic E-state index is 5.76. The predicted octanol–water partition coefficient (Wildman–Crippen LogP) is 3.93. The highest BCUT2D eigenvalue weighted by Crippen LogP contribution is 2.38. The van der Waals surface area contributed by atoms with E-state index in [1.807, 2.05) is 0 Å². The third-order valence-corrected chi connectivity index (χ3v) is 3.85. The molecule has 0 heterocycles. The van der Waals surface area contributed by atoms with Crippen molar-refractivity contribution in [1.29, 1.82) is 0 Å². The molecular weight excluding hydrogens is 234 g/mol. The Bertz CT molecular complexity index is 441. The monoisotopic (exact) mass is 263 g/mol. The van der Waals surface area contributed by atoms with Gasteiger partial charge in [-0.2, -0.15) is 0 Å². The molecule has 0 aromatic heterocycles. The fourth-order valence-corrected chi connectivity index (χ4v) is 2.66. The number of hydrogen-bond donors (Lipinski definition) is 1. The molecule has 0 amide bonds. The average Bonchev–Trinajstić information content (AvgIpc) is 2.26. The van der Waals surface area contributed by atoms with Crippen molar-refractivity contribution in [1.82, 2.24) is 0 Å². The third-order valence-electron chi connectivity index (χ3n) is 3.85. The summed E-state index contributed by atoms with van der Waals surface area (Å²) < 4.78 is 5.56. The van der Waals surface area contributed by atoms with Crippen LogP contribution in [0.3, 0.4) is 0 Å². The zero-order valence-corrected chi connectivity index (χ0v) is 13.6. The molecule has 1 aromatic carbocycles. The largest absolute Gasteiger partial charge is 0.496 e. The van der Waals surface area contributed by atoms with Crippen molar-refractivity contribution < 1.29 is 4.74 Å². The Morgan fingerprint density at radius 2 is 1.63 bits per heavy atom. The molecule has 0 aliphatic heterocycles. The Morgan fingerprint density at radius 1 is 1.05 bits per heavy atom. The molecule has 0 aliphatic rings. The van der Waals surface area contributed by atoms with Crippen molar-refractivity contribution in [2.24, 2.45) is 5.73 Å². The lowest BCUT2D eigenvalue weighted by atomic mass is 9.75. The fourth-order valence-electron chi connectivity index (χ4n) is 2.66. The minimum absolute atomic E-state index is 0.0760. The van der Waals surface area contributed by atoms with Crippen molar-refractivity contribution in [2.75, 3.05) is 13.7 Å². The van der Waals surface area contributed by atoms with Crippen LogP contribution in [0.2, 0.25) is 0 Å². The minimum Gasteiger partial charge on any atom is -0.496 e. The summed E-state index contributed by atoms with van der Waals surface area (Å²) in [5.74, 6) is 0.984. The van der Waals surface area contributed by atoms with Gasteiger partial charge >= 0.3 is 0 Å². The molecule has 2 N–H and O–H groups in total. The maximum atomic E-state index is 5.76. The smallest absolute Gasteiger partial charge is 0.122 e. The summed E-state index contributed by atoms with van der Waals surface area (Å²) in [6.07, 6.45) is 0.990. The van der Waals surface area contributed by atoms with Crippen molar-refractivity contribution >= 4 is 0 Å². The first-order valence-corrected chi connectivity index (χ1v) is 7.03. The highest BCUT2D eigenvalue weighted by atomic mass is 16.5. The number of methoxy groups -OCH3 is 1. The Balaban J connectivity index is 3.44. The van der Waals surface area contributed by atoms with Crippen molar-refractivity contribution in [3.63, 3.8) is 0 Å². The molecule has 0 radical (unpaired) electrons. The number of aryl methyl sites for hydroxylation is 1. The molecule has 0 unspecified atom stereocenters. The van der Waals surface area contributed by atoms with Crippen LogP contribution in [0.25, 0.3) is 0 Å². The lowest BCUT2D eigenvalue weighted by Gasteiger charge is -2.31. The van der Waals surface area contributed by atoms with E-state index in [4.69, 9.17) is 10.5 Å². The van der Waals surface area contributed by atoms with Gasteiger partial charge in [-0.05, 0) is 53.5 Å². The zero-order valence-electron chi connectivity index (χ0n) is 13.6. The zero-order chi connectivity index (χ0) is 14.8. The molecule has 1 rings (SSSR count). The van der Waals surface area contributed by atoms with Crippen LogP contribution in [0.5, 0.6) is 5.75 Å². The molecule has 0 saturated carbocycles. The van der Waals surface area contributed by atoms with Crippen LogP contribution in [0.15, 0.2) is 12.1 Å². The SMILES string of the molecule is COc1cc(C)c(C(C)(C)CCN)cc1C(C)(C)C. The summed E-state index contributed by atoms with van der Waals surface area (Å²) in [6, 6.07) is 4.47. The van der Waals surface area contributed by atoms with Gasteiger partial charge in [-0.25, -0.2) is 0 Å². The van der Waals surface area contributed by atoms with E-state index in [1.54, 1.807) is 7.11 Å². The number of rotatable bonds is 4. The van der Waals surface area contributed by atoms with Gasteiger partial charge in [-0.1, -0.05) is 40.7 Å². The standard InChI is InChI=1S/C17H29NO/c1-12-10-15(19-7)14(16(2,3)4)11-13(12)17(5,6)8-9-18/h10-11H,8-9,18H2,1-7H3. The van der Waals surface area contributed by atoms with Gasteiger partial charge in [0.15, 0.2) is 0 Å². The van der Waals surface area contributed by atoms with Crippen molar-refractivity contribution in [3.05, 3.63) is 28.8 Å². The van der Waals surface area contributed by atoms with Crippen LogP contribution in [0.4, 0.5) is 0 Å². The second-order valence-corrected chi connectivity index (χ2v) is 7.04. The molecule has 0 aliphatic carbocycles. The molecule has 108 valence electrons. The molecule has 2 heteroatoms. The lowest BCUT2D eigenvalue weighted by molar-refractivity contribution is 0.395. The summed E-state index contributed by atoms with van der Waals surface area (Å²) in [4.78, 5) is 0. The van der Waals surface area contributed by atoms with E-state index in [9.17, 15) is 0 Å². The highest BCUT2D eigenvalue weighted by molar-refractivity contribution is 5.48. The van der Waals surface area contributed by atoms with E-state index in [0.29, 0.717) is 6.54 Å². The van der Waals surface area contributed by atoms with Crippen LogP contribution in [0.1, 0.15) is 57.7 Å². The molecule has 0 atom stereocenters. The Hall–Kier alpha value is -1.02. The normalized spacial score (nSPS) is 12.6. The number of nitrogens with two attached hydrogens (primary N) is 1. The quantitative estimate of drug-likeness (QED) is 0.893. The van der Waals surface area contributed by atoms with E-state index in [1.165, 1.54) is 16.7 Å². The molecule has 2 nitrogen and oxygen atoms in total. The Morgan fingerprint density at radius 3 is 2.05 bits per heavy atom. The van der Waals surface area contributed by atoms with Crippen molar-refractivity contribution in [3.8, 4) is 5.75 Å². The first-order chi connectivity index (χ1) is 8.63. The van der Waals surface area contributed by atoms with Gasteiger partial charge in [0.25, 0.3) is 0 Å². The van der Waals surface area contributed by atoms with Crippen molar-refractivity contribution in [2.45, 2.75) is 58.8 Å². The van der Waals surface area contributed by atoms with E-state index in [-0.39, 0.29) is 10.8 Å². The minimum atomic E-state index is 0.0760. The number of hydrogen-bond acceptors (Lipinski definition) is 2. The summed E-state index contributed by atoms with van der Waals surface area (Å²) in [6.45, 7) is 14.1. The van der Waals surface area contributed by atoms with E-state index < -0.39 is 0 Å². The molecule has 19 heavy (non-hydrogen) atoms. The number of benzene rings is 1. The summed E-state index contributed by atoms with van der Waals surface area (Å²) in [5.41, 5.74) is 9.86. The van der Waals surface area contributed by atoms with Crippen LogP contribution in [-0.4, -0.2) is 13.7 Å². The first kappa shape index (κ1) is 16.0. The van der Waals surface area contributed by atoms with Crippen LogP contribution in [-0.2, 0) is 10.8 Å². The van der Waals surface area contributed by atoms with Crippen LogP contribution in [0, 0.1) is 6.92 Å². The highest BCUT2D eigenvalue weighted by Gasteiger charge is 2.26. The van der Waals surface area contributed by atoms with Gasteiger partial charge in [0.1, 0.15) is 5.75 Å². The summed E-state index contributed by atoms with van der Waals surface area (Å²) in [7, 11) is 1.74. The van der Waals surface area contributed by atoms with Gasteiger partial charge in [-0.15, -0.1) is 0 Å². The molecule has 0 bridgehead atoms. The first-order valence-electron chi connectivity index (χ1n) is 7.03. The van der Waals surface area contributed by atoms with E-state index >= 15 is 0 Å². The lowest BCUT2D eigenvalue weighted by Crippen LogP contribution is -2.24. The molecular formula is C17H29NO. The Kier molecular flexibility index (Phi) is 4.67.